The van der Waals surface area contributed by atoms with Crippen LogP contribution >= 0.6 is 23.1 Å². The molecule has 1 fully saturated rings. The molecule has 3 nitrogen and oxygen atoms in total. The first-order valence-corrected chi connectivity index (χ1v) is 8.21. The molecule has 0 aliphatic carbocycles. The molecule has 1 aromatic heterocycles. The maximum atomic E-state index is 12.6. The van der Waals surface area contributed by atoms with E-state index in [0.29, 0.717) is 15.8 Å². The number of anilines is 1. The summed E-state index contributed by atoms with van der Waals surface area (Å²) in [7, 11) is 0. The first-order chi connectivity index (χ1) is 9.16. The predicted molar refractivity (Wildman–Crippen MR) is 84.1 cm³/mol. The summed E-state index contributed by atoms with van der Waals surface area (Å²) in [4.78, 5) is 15.2. The minimum absolute atomic E-state index is 0.0888. The molecule has 2 heterocycles. The van der Waals surface area contributed by atoms with Crippen LogP contribution in [0.4, 0.5) is 5.69 Å². The van der Waals surface area contributed by atoms with Crippen LogP contribution in [0.3, 0.4) is 0 Å². The molecular weight excluding hydrogens is 276 g/mol. The van der Waals surface area contributed by atoms with Gasteiger partial charge in [0.05, 0.1) is 5.69 Å². The average molecular weight is 292 g/mol. The van der Waals surface area contributed by atoms with Crippen molar-refractivity contribution in [3.63, 3.8) is 0 Å². The second kappa shape index (κ2) is 5.06. The normalized spacial score (nSPS) is 19.8. The standard InChI is InChI=1S/C14H16N2OS2/c1-9-8-16(6-7-18-9)14(17)13-12(15)10-4-2-3-5-11(10)19-13/h2-5,9H,6-8,15H2,1H3. The van der Waals surface area contributed by atoms with E-state index in [-0.39, 0.29) is 5.91 Å². The van der Waals surface area contributed by atoms with Crippen LogP contribution in [0.1, 0.15) is 16.6 Å². The first-order valence-electron chi connectivity index (χ1n) is 6.34. The maximum Gasteiger partial charge on any atom is 0.266 e. The van der Waals surface area contributed by atoms with Gasteiger partial charge >= 0.3 is 0 Å². The van der Waals surface area contributed by atoms with E-state index < -0.39 is 0 Å². The average Bonchev–Trinajstić information content (AvgIpc) is 2.76. The van der Waals surface area contributed by atoms with Gasteiger partial charge in [-0.25, -0.2) is 0 Å². The Bertz CT molecular complexity index is 623. The zero-order valence-electron chi connectivity index (χ0n) is 10.8. The Morgan fingerprint density at radius 1 is 1.42 bits per heavy atom. The van der Waals surface area contributed by atoms with Crippen molar-refractivity contribution >= 4 is 44.8 Å². The van der Waals surface area contributed by atoms with E-state index >= 15 is 0 Å². The summed E-state index contributed by atoms with van der Waals surface area (Å²) < 4.78 is 1.09. The van der Waals surface area contributed by atoms with Crippen LogP contribution in [0.5, 0.6) is 0 Å². The molecule has 2 aromatic rings. The van der Waals surface area contributed by atoms with Gasteiger partial charge < -0.3 is 10.6 Å². The number of thiophene rings is 1. The second-order valence-electron chi connectivity index (χ2n) is 4.77. The lowest BCUT2D eigenvalue weighted by Gasteiger charge is -2.30. The van der Waals surface area contributed by atoms with Gasteiger partial charge in [0.1, 0.15) is 4.88 Å². The Kier molecular flexibility index (Phi) is 3.41. The van der Waals surface area contributed by atoms with Gasteiger partial charge in [-0.05, 0) is 6.07 Å². The number of hydrogen-bond donors (Lipinski definition) is 1. The summed E-state index contributed by atoms with van der Waals surface area (Å²) in [5.74, 6) is 1.10. The van der Waals surface area contributed by atoms with Crippen molar-refractivity contribution in [2.75, 3.05) is 24.6 Å². The van der Waals surface area contributed by atoms with Crippen LogP contribution in [-0.2, 0) is 0 Å². The number of thioether (sulfide) groups is 1. The zero-order chi connectivity index (χ0) is 13.4. The van der Waals surface area contributed by atoms with Gasteiger partial charge in [-0.1, -0.05) is 25.1 Å². The highest BCUT2D eigenvalue weighted by molar-refractivity contribution is 7.99. The van der Waals surface area contributed by atoms with Gasteiger partial charge in [-0.3, -0.25) is 4.79 Å². The van der Waals surface area contributed by atoms with Crippen LogP contribution in [0.25, 0.3) is 10.1 Å². The topological polar surface area (TPSA) is 46.3 Å². The molecule has 1 amide bonds. The molecular formula is C14H16N2OS2. The molecule has 5 heteroatoms. The number of nitrogens with two attached hydrogens (primary N) is 1. The van der Waals surface area contributed by atoms with Crippen molar-refractivity contribution in [2.45, 2.75) is 12.2 Å². The van der Waals surface area contributed by atoms with Crippen molar-refractivity contribution in [1.82, 2.24) is 4.90 Å². The molecule has 3 rings (SSSR count). The highest BCUT2D eigenvalue weighted by Gasteiger charge is 2.25. The number of carbonyl (C=O) groups excluding carboxylic acids is 1. The lowest BCUT2D eigenvalue weighted by atomic mass is 10.2. The quantitative estimate of drug-likeness (QED) is 0.878. The fourth-order valence-corrected chi connectivity index (χ4v) is 4.48. The van der Waals surface area contributed by atoms with E-state index in [1.807, 2.05) is 40.9 Å². The summed E-state index contributed by atoms with van der Waals surface area (Å²) in [5, 5.41) is 1.50. The molecule has 1 aromatic carbocycles. The molecule has 0 radical (unpaired) electrons. The Morgan fingerprint density at radius 3 is 2.95 bits per heavy atom. The van der Waals surface area contributed by atoms with Gasteiger partial charge in [-0.2, -0.15) is 11.8 Å². The van der Waals surface area contributed by atoms with Gasteiger partial charge in [0.2, 0.25) is 0 Å². The number of carbonyl (C=O) groups is 1. The van der Waals surface area contributed by atoms with E-state index in [9.17, 15) is 4.79 Å². The summed E-state index contributed by atoms with van der Waals surface area (Å²) in [6.45, 7) is 3.80. The fourth-order valence-electron chi connectivity index (χ4n) is 2.37. The van der Waals surface area contributed by atoms with Gasteiger partial charge in [0.25, 0.3) is 5.91 Å². The number of rotatable bonds is 1. The molecule has 1 saturated heterocycles. The Morgan fingerprint density at radius 2 is 2.21 bits per heavy atom. The third kappa shape index (κ3) is 2.32. The molecule has 2 N–H and O–H groups in total. The van der Waals surface area contributed by atoms with Crippen molar-refractivity contribution in [2.24, 2.45) is 0 Å². The van der Waals surface area contributed by atoms with E-state index in [1.54, 1.807) is 0 Å². The van der Waals surface area contributed by atoms with Crippen molar-refractivity contribution in [3.05, 3.63) is 29.1 Å². The third-order valence-corrected chi connectivity index (χ3v) is 5.67. The number of hydrogen-bond acceptors (Lipinski definition) is 4. The first kappa shape index (κ1) is 12.8. The SMILES string of the molecule is CC1CN(C(=O)c2sc3ccccc3c2N)CCS1. The monoisotopic (exact) mass is 292 g/mol. The molecule has 1 aliphatic rings. The zero-order valence-corrected chi connectivity index (χ0v) is 12.4. The van der Waals surface area contributed by atoms with E-state index in [4.69, 9.17) is 5.73 Å². The number of amides is 1. The van der Waals surface area contributed by atoms with Crippen LogP contribution < -0.4 is 5.73 Å². The number of benzene rings is 1. The van der Waals surface area contributed by atoms with Gasteiger partial charge in [0, 0.05) is 34.2 Å². The number of nitrogens with zero attached hydrogens (tertiary/aromatic N) is 1. The molecule has 1 aliphatic heterocycles. The Hall–Kier alpha value is -1.20. The van der Waals surface area contributed by atoms with Crippen LogP contribution in [0, 0.1) is 0 Å². The van der Waals surface area contributed by atoms with E-state index in [1.165, 1.54) is 11.3 Å². The fraction of sp³-hybridized carbons (Fsp3) is 0.357. The van der Waals surface area contributed by atoms with E-state index in [0.717, 1.165) is 28.9 Å². The van der Waals surface area contributed by atoms with Crippen molar-refractivity contribution in [1.29, 1.82) is 0 Å². The highest BCUT2D eigenvalue weighted by Crippen LogP contribution is 2.34. The van der Waals surface area contributed by atoms with Crippen molar-refractivity contribution < 1.29 is 4.79 Å². The van der Waals surface area contributed by atoms with Gasteiger partial charge in [-0.15, -0.1) is 11.3 Å². The Balaban J connectivity index is 1.95. The lowest BCUT2D eigenvalue weighted by Crippen LogP contribution is -2.40. The molecule has 19 heavy (non-hydrogen) atoms. The lowest BCUT2D eigenvalue weighted by molar-refractivity contribution is 0.0769. The molecule has 100 valence electrons. The molecule has 0 saturated carbocycles. The number of fused-ring (bicyclic) bond motifs is 1. The molecule has 0 spiro atoms. The number of nitrogen functional groups attached to an aromatic ring is 1. The summed E-state index contributed by atoms with van der Waals surface area (Å²) in [6, 6.07) is 7.93. The predicted octanol–water partition coefficient (Wildman–Crippen LogP) is 3.06. The molecule has 1 atom stereocenters. The molecule has 0 bridgehead atoms. The summed E-state index contributed by atoms with van der Waals surface area (Å²) >= 11 is 3.43. The van der Waals surface area contributed by atoms with Gasteiger partial charge in [0.15, 0.2) is 0 Å². The Labute approximate surface area is 120 Å². The van der Waals surface area contributed by atoms with Crippen LogP contribution in [0.15, 0.2) is 24.3 Å². The summed E-state index contributed by atoms with van der Waals surface area (Å²) in [5.41, 5.74) is 6.77. The van der Waals surface area contributed by atoms with Crippen molar-refractivity contribution in [3.8, 4) is 0 Å². The third-order valence-electron chi connectivity index (χ3n) is 3.36. The van der Waals surface area contributed by atoms with Crippen LogP contribution in [0.2, 0.25) is 0 Å². The molecule has 1 unspecified atom stereocenters. The summed E-state index contributed by atoms with van der Waals surface area (Å²) in [6.07, 6.45) is 0. The van der Waals surface area contributed by atoms with Crippen LogP contribution in [-0.4, -0.2) is 34.9 Å². The van der Waals surface area contributed by atoms with E-state index in [2.05, 4.69) is 6.92 Å². The second-order valence-corrected chi connectivity index (χ2v) is 7.37. The maximum absolute atomic E-state index is 12.6. The minimum atomic E-state index is 0.0888. The smallest absolute Gasteiger partial charge is 0.266 e. The largest absolute Gasteiger partial charge is 0.397 e. The minimum Gasteiger partial charge on any atom is -0.397 e. The highest BCUT2D eigenvalue weighted by atomic mass is 32.2.